The summed E-state index contributed by atoms with van der Waals surface area (Å²) in [4.78, 5) is 9.90. The molecule has 0 saturated carbocycles. The summed E-state index contributed by atoms with van der Waals surface area (Å²) < 4.78 is 4.94. The van der Waals surface area contributed by atoms with E-state index in [1.807, 2.05) is 36.4 Å². The van der Waals surface area contributed by atoms with Gasteiger partial charge in [0.15, 0.2) is 0 Å². The fraction of sp³-hybridized carbons (Fsp3) is 0.559. The summed E-state index contributed by atoms with van der Waals surface area (Å²) in [5.74, 6) is 0. The van der Waals surface area contributed by atoms with Crippen LogP contribution in [0.15, 0.2) is 60.7 Å². The molecule has 0 spiro atoms. The van der Waals surface area contributed by atoms with Gasteiger partial charge >= 0.3 is 0 Å². The quantitative estimate of drug-likeness (QED) is 0.108. The van der Waals surface area contributed by atoms with Crippen molar-refractivity contribution in [3.8, 4) is 0 Å². The monoisotopic (exact) mass is 742 g/mol. The zero-order chi connectivity index (χ0) is 32.6. The number of rotatable bonds is 14. The molecule has 0 unspecified atom stereocenters. The van der Waals surface area contributed by atoms with Crippen molar-refractivity contribution in [3.63, 3.8) is 0 Å². The predicted octanol–water partition coefficient (Wildman–Crippen LogP) is 11.4. The van der Waals surface area contributed by atoms with Gasteiger partial charge in [-0.25, -0.2) is 11.1 Å². The summed E-state index contributed by atoms with van der Waals surface area (Å²) in [6, 6.07) is 20.6. The third kappa shape index (κ3) is 25.1. The Labute approximate surface area is 302 Å². The first-order valence-electron chi connectivity index (χ1n) is 16.0. The molecule has 10 heteroatoms. The van der Waals surface area contributed by atoms with Gasteiger partial charge in [-0.3, -0.25) is 0 Å². The molecule has 5 nitrogen and oxygen atoms in total. The average molecular weight is 743 g/mol. The fourth-order valence-electron chi connectivity index (χ4n) is 4.44. The molecule has 2 aromatic rings. The van der Waals surface area contributed by atoms with E-state index in [1.165, 1.54) is 12.8 Å². The molecule has 1 saturated heterocycles. The summed E-state index contributed by atoms with van der Waals surface area (Å²) in [6.45, 7) is 31.3. The molecular formula is C34H61N4OSi4Y-7. The first-order chi connectivity index (χ1) is 19.8. The van der Waals surface area contributed by atoms with E-state index in [9.17, 15) is 0 Å². The number of nitrogens with zero attached hydrogens (tertiary/aromatic N) is 4. The predicted molar refractivity (Wildman–Crippen MR) is 203 cm³/mol. The van der Waals surface area contributed by atoms with Crippen LogP contribution in [0.5, 0.6) is 0 Å². The third-order valence-corrected chi connectivity index (χ3v) is 14.2. The van der Waals surface area contributed by atoms with E-state index in [4.69, 9.17) is 25.3 Å². The van der Waals surface area contributed by atoms with Crippen LogP contribution < -0.4 is 0 Å². The molecule has 1 radical (unpaired) electrons. The minimum Gasteiger partial charge on any atom is -0.722 e. The molecule has 0 aliphatic carbocycles. The summed E-state index contributed by atoms with van der Waals surface area (Å²) in [5, 5.41) is 9.63. The minimum absolute atomic E-state index is 0. The topological polar surface area (TPSA) is 65.6 Å². The summed E-state index contributed by atoms with van der Waals surface area (Å²) >= 11 is 0. The van der Waals surface area contributed by atoms with Crippen LogP contribution in [0.1, 0.15) is 30.4 Å². The Morgan fingerprint density at radius 2 is 0.932 bits per heavy atom. The van der Waals surface area contributed by atoms with Crippen molar-refractivity contribution in [2.45, 2.75) is 97.8 Å². The standard InChI is InChI=1S/C23H34N4Si2.C7H19Si2.C4H8O.Y/c1-28(2,3)26-22(20-14-9-7-10-15-20)24-18-13-19-25-23(27-29(4,5)6)21-16-11-8-12-17-21;1-8(2,3)7-9(4,5)6;1-2-4-5-3-1;/h7-12,14-17H,13,18-19H2,1-6H3;7H,1-6H3;1-4H2;/q-6;-1;;. The molecule has 0 N–H and O–H groups in total. The van der Waals surface area contributed by atoms with Crippen LogP contribution in [-0.4, -0.2) is 58.9 Å². The van der Waals surface area contributed by atoms with E-state index in [0.717, 1.165) is 56.2 Å². The van der Waals surface area contributed by atoms with Gasteiger partial charge < -0.3 is 43.3 Å². The molecule has 0 aromatic heterocycles. The second kappa shape index (κ2) is 21.8. The van der Waals surface area contributed by atoms with Gasteiger partial charge in [-0.05, 0) is 12.8 Å². The molecule has 2 aromatic carbocycles. The second-order valence-electron chi connectivity index (χ2n) is 15.3. The zero-order valence-electron chi connectivity index (χ0n) is 30.1. The smallest absolute Gasteiger partial charge is 0.0466 e. The maximum Gasteiger partial charge on any atom is 0.0466 e. The Hall–Kier alpha value is -0.0486. The molecular weight excluding hydrogens is 682 g/mol. The van der Waals surface area contributed by atoms with Gasteiger partial charge in [-0.1, -0.05) is 114 Å². The van der Waals surface area contributed by atoms with Crippen LogP contribution in [0.2, 0.25) is 78.6 Å². The van der Waals surface area contributed by atoms with Crippen molar-refractivity contribution < 1.29 is 37.4 Å². The van der Waals surface area contributed by atoms with Crippen molar-refractivity contribution in [1.29, 1.82) is 0 Å². The van der Waals surface area contributed by atoms with Gasteiger partial charge in [-0.15, -0.1) is 40.4 Å². The number of ether oxygens (including phenoxy) is 1. The van der Waals surface area contributed by atoms with Gasteiger partial charge in [0.05, 0.1) is 0 Å². The maximum atomic E-state index is 4.95. The molecule has 1 fully saturated rings. The zero-order valence-corrected chi connectivity index (χ0v) is 36.9. The number of hydrogen-bond donors (Lipinski definition) is 0. The average Bonchev–Trinajstić information content (AvgIpc) is 3.45. The third-order valence-electron chi connectivity index (χ3n) is 5.48. The summed E-state index contributed by atoms with van der Waals surface area (Å²) in [6.07, 6.45) is 5.20. The van der Waals surface area contributed by atoms with Crippen LogP contribution in [0.4, 0.5) is 0 Å². The number of hydrogen-bond acceptors (Lipinski definition) is 1. The number of benzene rings is 2. The first kappa shape index (κ1) is 44.0. The normalized spacial score (nSPS) is 13.5. The summed E-state index contributed by atoms with van der Waals surface area (Å²) in [7, 11) is -4.92. The Bertz CT molecular complexity index is 890. The van der Waals surface area contributed by atoms with Crippen LogP contribution in [0.25, 0.3) is 20.6 Å². The van der Waals surface area contributed by atoms with Crippen molar-refractivity contribution in [1.82, 2.24) is 0 Å². The SMILES string of the molecule is C1CCOC1.C[Si](C)(C)[CH-][Si](C)(C)C.C[Si](C)(C)[N-][C-]([N-]CCC[N-][C-]([N-][Si](C)(C)C)c1ccccc1)c1ccccc1.[Y]. The van der Waals surface area contributed by atoms with Gasteiger partial charge in [0.25, 0.3) is 0 Å². The van der Waals surface area contributed by atoms with Crippen LogP contribution in [-0.2, 0) is 37.4 Å². The Morgan fingerprint density at radius 1 is 0.591 bits per heavy atom. The van der Waals surface area contributed by atoms with Crippen LogP contribution in [0.3, 0.4) is 0 Å². The van der Waals surface area contributed by atoms with E-state index >= 15 is 0 Å². The Balaban J connectivity index is 0.00000101. The van der Waals surface area contributed by atoms with Crippen molar-refractivity contribution in [2.75, 3.05) is 26.3 Å². The van der Waals surface area contributed by atoms with Crippen molar-refractivity contribution in [2.24, 2.45) is 0 Å². The van der Waals surface area contributed by atoms with Gasteiger partial charge in [-0.2, -0.15) is 37.4 Å². The minimum atomic E-state index is -1.60. The molecule has 1 aliphatic heterocycles. The van der Waals surface area contributed by atoms with Gasteiger partial charge in [0, 0.05) is 45.9 Å². The van der Waals surface area contributed by atoms with E-state index in [1.54, 1.807) is 0 Å². The fourth-order valence-corrected chi connectivity index (χ4v) is 16.5. The van der Waals surface area contributed by atoms with E-state index in [-0.39, 0.29) is 32.7 Å². The molecule has 0 bridgehead atoms. The molecule has 1 aliphatic rings. The van der Waals surface area contributed by atoms with Gasteiger partial charge in [0.2, 0.25) is 0 Å². The maximum absolute atomic E-state index is 4.95. The van der Waals surface area contributed by atoms with E-state index < -0.39 is 32.6 Å². The molecule has 1 heterocycles. The molecule has 44 heavy (non-hydrogen) atoms. The second-order valence-corrected chi connectivity index (χ2v) is 35.0. The van der Waals surface area contributed by atoms with Gasteiger partial charge in [0.1, 0.15) is 0 Å². The van der Waals surface area contributed by atoms with Crippen LogP contribution in [0, 0.1) is 18.0 Å². The van der Waals surface area contributed by atoms with Crippen LogP contribution >= 0.6 is 0 Å². The largest absolute Gasteiger partial charge is 0.722 e. The van der Waals surface area contributed by atoms with E-state index in [0.29, 0.717) is 0 Å². The Morgan fingerprint density at radius 3 is 1.16 bits per heavy atom. The molecule has 0 atom stereocenters. The van der Waals surface area contributed by atoms with Crippen molar-refractivity contribution in [3.05, 3.63) is 110 Å². The first-order valence-corrected chi connectivity index (χ1v) is 30.0. The van der Waals surface area contributed by atoms with Crippen molar-refractivity contribution >= 4 is 32.6 Å². The molecule has 249 valence electrons. The molecule has 0 amide bonds. The molecule has 3 rings (SSSR count). The summed E-state index contributed by atoms with van der Waals surface area (Å²) in [5.41, 5.74) is 4.84. The Kier molecular flexibility index (Phi) is 21.7. The van der Waals surface area contributed by atoms with E-state index in [2.05, 4.69) is 108 Å².